The maximum Gasteiger partial charge on any atom is 0.168 e. The normalized spacial score (nSPS) is 10.1. The van der Waals surface area contributed by atoms with E-state index in [-0.39, 0.29) is 5.75 Å². The first-order chi connectivity index (χ1) is 7.34. The Kier molecular flexibility index (Phi) is 2.98. The minimum atomic E-state index is 0.0751. The molecule has 0 aliphatic carbocycles. The van der Waals surface area contributed by atoms with Gasteiger partial charge in [0.2, 0.25) is 0 Å². The second kappa shape index (κ2) is 4.60. The quantitative estimate of drug-likeness (QED) is 0.684. The van der Waals surface area contributed by atoms with Crippen molar-refractivity contribution in [3.63, 3.8) is 0 Å². The highest BCUT2D eigenvalue weighted by atomic mass is 16.3. The molecular formula is C13H13NO. The largest absolute Gasteiger partial charge is 0.872 e. The number of aromatic nitrogens is 1. The van der Waals surface area contributed by atoms with Crippen LogP contribution < -0.4 is 9.67 Å². The first-order valence-electron chi connectivity index (χ1n) is 5.05. The maximum atomic E-state index is 10.9. The van der Waals surface area contributed by atoms with Gasteiger partial charge in [-0.15, -0.1) is 5.75 Å². The van der Waals surface area contributed by atoms with Gasteiger partial charge in [0.15, 0.2) is 18.9 Å². The van der Waals surface area contributed by atoms with Crippen LogP contribution in [0.5, 0.6) is 5.75 Å². The molecule has 15 heavy (non-hydrogen) atoms. The number of hydrogen-bond acceptors (Lipinski definition) is 1. The third kappa shape index (κ3) is 2.81. The molecule has 0 saturated heterocycles. The summed E-state index contributed by atoms with van der Waals surface area (Å²) < 4.78 is 2.13. The standard InChI is InChI=1S/C13H13NO/c15-13-6-4-12(5-7-13)8-11-14-9-2-1-3-10-14/h1-7,9-10H,8,11H2. The van der Waals surface area contributed by atoms with Gasteiger partial charge in [0.05, 0.1) is 0 Å². The Morgan fingerprint density at radius 1 is 0.933 bits per heavy atom. The molecule has 2 heteroatoms. The van der Waals surface area contributed by atoms with E-state index < -0.39 is 0 Å². The van der Waals surface area contributed by atoms with Crippen molar-refractivity contribution >= 4 is 0 Å². The van der Waals surface area contributed by atoms with Crippen LogP contribution in [0.25, 0.3) is 0 Å². The lowest BCUT2D eigenvalue weighted by Gasteiger charge is -2.04. The predicted molar refractivity (Wildman–Crippen MR) is 56.2 cm³/mol. The van der Waals surface area contributed by atoms with E-state index in [0.717, 1.165) is 13.0 Å². The Balaban J connectivity index is 1.96. The monoisotopic (exact) mass is 199 g/mol. The summed E-state index contributed by atoms with van der Waals surface area (Å²) in [5.41, 5.74) is 1.20. The Morgan fingerprint density at radius 2 is 1.60 bits per heavy atom. The molecule has 0 spiro atoms. The number of hydrogen-bond donors (Lipinski definition) is 0. The highest BCUT2D eigenvalue weighted by Gasteiger charge is 1.98. The van der Waals surface area contributed by atoms with Gasteiger partial charge in [-0.1, -0.05) is 30.3 Å². The van der Waals surface area contributed by atoms with Crippen LogP contribution in [0.3, 0.4) is 0 Å². The van der Waals surface area contributed by atoms with E-state index in [1.165, 1.54) is 5.56 Å². The van der Waals surface area contributed by atoms with Gasteiger partial charge >= 0.3 is 0 Å². The molecule has 2 aromatic rings. The summed E-state index contributed by atoms with van der Waals surface area (Å²) in [7, 11) is 0. The zero-order chi connectivity index (χ0) is 10.5. The van der Waals surface area contributed by atoms with Crippen molar-refractivity contribution in [2.24, 2.45) is 0 Å². The lowest BCUT2D eigenvalue weighted by atomic mass is 10.1. The fraction of sp³-hybridized carbons (Fsp3) is 0.154. The molecule has 0 fully saturated rings. The summed E-state index contributed by atoms with van der Waals surface area (Å²) in [5, 5.41) is 10.9. The van der Waals surface area contributed by atoms with Gasteiger partial charge in [0, 0.05) is 18.6 Å². The summed E-state index contributed by atoms with van der Waals surface area (Å²) in [6, 6.07) is 13.1. The fourth-order valence-corrected chi connectivity index (χ4v) is 1.50. The molecule has 0 bridgehead atoms. The lowest BCUT2D eigenvalue weighted by Crippen LogP contribution is -2.33. The lowest BCUT2D eigenvalue weighted by molar-refractivity contribution is -0.696. The van der Waals surface area contributed by atoms with Crippen LogP contribution in [0.15, 0.2) is 54.9 Å². The van der Waals surface area contributed by atoms with Crippen LogP contribution in [0.1, 0.15) is 5.56 Å². The van der Waals surface area contributed by atoms with E-state index in [1.54, 1.807) is 12.1 Å². The molecule has 76 valence electrons. The van der Waals surface area contributed by atoms with Crippen molar-refractivity contribution in [1.82, 2.24) is 0 Å². The number of aryl methyl sites for hydroxylation is 2. The van der Waals surface area contributed by atoms with E-state index in [1.807, 2.05) is 42.7 Å². The van der Waals surface area contributed by atoms with Crippen molar-refractivity contribution < 1.29 is 9.67 Å². The highest BCUT2D eigenvalue weighted by Crippen LogP contribution is 2.06. The molecule has 0 aliphatic heterocycles. The Labute approximate surface area is 89.4 Å². The van der Waals surface area contributed by atoms with Crippen LogP contribution in [-0.4, -0.2) is 0 Å². The van der Waals surface area contributed by atoms with E-state index in [9.17, 15) is 5.11 Å². The first-order valence-corrected chi connectivity index (χ1v) is 5.05. The predicted octanol–water partition coefficient (Wildman–Crippen LogP) is 1.29. The van der Waals surface area contributed by atoms with Crippen LogP contribution in [0, 0.1) is 0 Å². The summed E-state index contributed by atoms with van der Waals surface area (Å²) >= 11 is 0. The van der Waals surface area contributed by atoms with E-state index >= 15 is 0 Å². The molecule has 0 unspecified atom stereocenters. The number of nitrogens with zero attached hydrogens (tertiary/aromatic N) is 1. The second-order valence-electron chi connectivity index (χ2n) is 3.51. The zero-order valence-electron chi connectivity index (χ0n) is 8.47. The molecule has 0 amide bonds. The van der Waals surface area contributed by atoms with E-state index in [0.29, 0.717) is 0 Å². The summed E-state index contributed by atoms with van der Waals surface area (Å²) in [4.78, 5) is 0. The summed E-state index contributed by atoms with van der Waals surface area (Å²) in [6.07, 6.45) is 5.04. The number of pyridine rings is 1. The minimum Gasteiger partial charge on any atom is -0.872 e. The molecule has 0 N–H and O–H groups in total. The topological polar surface area (TPSA) is 26.9 Å². The third-order valence-electron chi connectivity index (χ3n) is 2.36. The smallest absolute Gasteiger partial charge is 0.168 e. The van der Waals surface area contributed by atoms with Gasteiger partial charge in [0.25, 0.3) is 0 Å². The van der Waals surface area contributed by atoms with Gasteiger partial charge in [-0.3, -0.25) is 0 Å². The Hall–Kier alpha value is -1.83. The molecule has 2 nitrogen and oxygen atoms in total. The molecule has 1 heterocycles. The molecule has 1 aromatic heterocycles. The number of rotatable bonds is 3. The summed E-state index contributed by atoms with van der Waals surface area (Å²) in [6.45, 7) is 0.943. The SMILES string of the molecule is [O-]c1ccc(CC[n+]2ccccc2)cc1. The first kappa shape index (κ1) is 9.71. The van der Waals surface area contributed by atoms with Gasteiger partial charge in [0.1, 0.15) is 0 Å². The van der Waals surface area contributed by atoms with Crippen molar-refractivity contribution in [1.29, 1.82) is 0 Å². The van der Waals surface area contributed by atoms with Crippen LogP contribution >= 0.6 is 0 Å². The van der Waals surface area contributed by atoms with Gasteiger partial charge < -0.3 is 5.11 Å². The molecule has 0 atom stereocenters. The van der Waals surface area contributed by atoms with Crippen molar-refractivity contribution in [3.05, 3.63) is 60.4 Å². The summed E-state index contributed by atoms with van der Waals surface area (Å²) in [5.74, 6) is 0.0751. The molecule has 0 saturated carbocycles. The number of benzene rings is 1. The third-order valence-corrected chi connectivity index (χ3v) is 2.36. The van der Waals surface area contributed by atoms with Crippen molar-refractivity contribution in [2.75, 3.05) is 0 Å². The Bertz CT molecular complexity index is 408. The van der Waals surface area contributed by atoms with Crippen LogP contribution in [-0.2, 0) is 13.0 Å². The maximum absolute atomic E-state index is 10.9. The second-order valence-corrected chi connectivity index (χ2v) is 3.51. The molecular weight excluding hydrogens is 186 g/mol. The average Bonchev–Trinajstić information content (AvgIpc) is 2.30. The van der Waals surface area contributed by atoms with Gasteiger partial charge in [-0.25, -0.2) is 4.57 Å². The minimum absolute atomic E-state index is 0.0751. The molecule has 0 radical (unpaired) electrons. The van der Waals surface area contributed by atoms with E-state index in [4.69, 9.17) is 0 Å². The zero-order valence-corrected chi connectivity index (χ0v) is 8.47. The van der Waals surface area contributed by atoms with Crippen molar-refractivity contribution in [3.8, 4) is 5.75 Å². The molecule has 2 rings (SSSR count). The molecule has 0 aliphatic rings. The Morgan fingerprint density at radius 3 is 2.27 bits per heavy atom. The van der Waals surface area contributed by atoms with Gasteiger partial charge in [-0.05, 0) is 5.56 Å². The molecule has 1 aromatic carbocycles. The highest BCUT2D eigenvalue weighted by molar-refractivity contribution is 5.24. The van der Waals surface area contributed by atoms with E-state index in [2.05, 4.69) is 4.57 Å². The van der Waals surface area contributed by atoms with Crippen LogP contribution in [0.2, 0.25) is 0 Å². The average molecular weight is 199 g/mol. The van der Waals surface area contributed by atoms with Gasteiger partial charge in [-0.2, -0.15) is 0 Å². The van der Waals surface area contributed by atoms with Crippen LogP contribution in [0.4, 0.5) is 0 Å². The van der Waals surface area contributed by atoms with Crippen molar-refractivity contribution in [2.45, 2.75) is 13.0 Å². The fourth-order valence-electron chi connectivity index (χ4n) is 1.50.